The molecule has 1 aromatic rings. The number of hydrogen-bond donors (Lipinski definition) is 2. The number of phenols is 1. The van der Waals surface area contributed by atoms with Crippen molar-refractivity contribution in [3.05, 3.63) is 33.9 Å². The number of phenolic OH excluding ortho intramolecular Hbond substituents is 1. The van der Waals surface area contributed by atoms with E-state index in [1.54, 1.807) is 4.90 Å². The molecule has 7 nitrogen and oxygen atoms in total. The van der Waals surface area contributed by atoms with Crippen molar-refractivity contribution in [2.75, 3.05) is 13.1 Å². The molecule has 1 amide bonds. The number of nitro groups is 1. The highest BCUT2D eigenvalue weighted by molar-refractivity contribution is 5.95. The number of rotatable bonds is 2. The second-order valence-electron chi connectivity index (χ2n) is 6.51. The van der Waals surface area contributed by atoms with Crippen molar-refractivity contribution in [2.24, 2.45) is 5.92 Å². The van der Waals surface area contributed by atoms with Crippen LogP contribution in [0.3, 0.4) is 0 Å². The van der Waals surface area contributed by atoms with Gasteiger partial charge in [-0.25, -0.2) is 0 Å². The molecule has 1 aliphatic carbocycles. The van der Waals surface area contributed by atoms with Crippen molar-refractivity contribution in [3.8, 4) is 5.75 Å². The Hall–Kier alpha value is -2.15. The van der Waals surface area contributed by atoms with E-state index < -0.39 is 22.0 Å². The lowest BCUT2D eigenvalue weighted by molar-refractivity contribution is -0.385. The Balaban J connectivity index is 1.76. The fourth-order valence-corrected chi connectivity index (χ4v) is 3.75. The molecule has 2 N–H and O–H groups in total. The first-order valence-corrected chi connectivity index (χ1v) is 7.90. The summed E-state index contributed by atoms with van der Waals surface area (Å²) in [5, 5.41) is 31.1. The zero-order valence-corrected chi connectivity index (χ0v) is 12.8. The van der Waals surface area contributed by atoms with Crippen LogP contribution in [0.1, 0.15) is 42.5 Å². The molecule has 0 unspecified atom stereocenters. The van der Waals surface area contributed by atoms with E-state index in [9.17, 15) is 25.1 Å². The molecule has 124 valence electrons. The summed E-state index contributed by atoms with van der Waals surface area (Å²) in [7, 11) is 0. The Bertz CT molecular complexity index is 647. The van der Waals surface area contributed by atoms with Crippen molar-refractivity contribution >= 4 is 11.6 Å². The third kappa shape index (κ3) is 2.88. The van der Waals surface area contributed by atoms with Crippen LogP contribution in [-0.2, 0) is 0 Å². The second-order valence-corrected chi connectivity index (χ2v) is 6.51. The number of likely N-dealkylation sites (tertiary alicyclic amines) is 1. The Labute approximate surface area is 133 Å². The molecule has 23 heavy (non-hydrogen) atoms. The zero-order chi connectivity index (χ0) is 16.6. The summed E-state index contributed by atoms with van der Waals surface area (Å²) < 4.78 is 0. The molecular formula is C16H20N2O5. The van der Waals surface area contributed by atoms with Gasteiger partial charge in [0.15, 0.2) is 5.75 Å². The Morgan fingerprint density at radius 3 is 2.83 bits per heavy atom. The van der Waals surface area contributed by atoms with Crippen LogP contribution in [0.15, 0.2) is 18.2 Å². The van der Waals surface area contributed by atoms with E-state index in [1.165, 1.54) is 6.07 Å². The number of nitrogens with zero attached hydrogens (tertiary/aromatic N) is 2. The minimum absolute atomic E-state index is 0.0839. The van der Waals surface area contributed by atoms with Gasteiger partial charge in [0.25, 0.3) is 5.91 Å². The summed E-state index contributed by atoms with van der Waals surface area (Å²) in [4.78, 5) is 24.3. The van der Waals surface area contributed by atoms with Crippen LogP contribution in [0, 0.1) is 16.0 Å². The van der Waals surface area contributed by atoms with E-state index in [0.29, 0.717) is 19.5 Å². The first kappa shape index (κ1) is 15.7. The number of carbonyl (C=O) groups is 1. The molecule has 0 bridgehead atoms. The number of aromatic hydroxyl groups is 1. The lowest BCUT2D eigenvalue weighted by Crippen LogP contribution is -2.54. The maximum Gasteiger partial charge on any atom is 0.310 e. The highest BCUT2D eigenvalue weighted by Crippen LogP contribution is 2.40. The summed E-state index contributed by atoms with van der Waals surface area (Å²) >= 11 is 0. The number of aliphatic hydroxyl groups is 1. The van der Waals surface area contributed by atoms with Gasteiger partial charge in [0, 0.05) is 30.6 Å². The van der Waals surface area contributed by atoms with Gasteiger partial charge in [0.2, 0.25) is 0 Å². The summed E-state index contributed by atoms with van der Waals surface area (Å²) in [6.07, 6.45) is 4.34. The maximum atomic E-state index is 12.6. The van der Waals surface area contributed by atoms with E-state index in [2.05, 4.69) is 0 Å². The van der Waals surface area contributed by atoms with Gasteiger partial charge in [-0.2, -0.15) is 0 Å². The molecule has 1 saturated carbocycles. The van der Waals surface area contributed by atoms with E-state index in [4.69, 9.17) is 0 Å². The maximum absolute atomic E-state index is 12.6. The fraction of sp³-hybridized carbons (Fsp3) is 0.562. The predicted molar refractivity (Wildman–Crippen MR) is 82.2 cm³/mol. The van der Waals surface area contributed by atoms with Gasteiger partial charge in [-0.15, -0.1) is 0 Å². The number of fused-ring (bicyclic) bond motifs is 1. The van der Waals surface area contributed by atoms with Crippen LogP contribution < -0.4 is 0 Å². The highest BCUT2D eigenvalue weighted by atomic mass is 16.6. The number of benzene rings is 1. The lowest BCUT2D eigenvalue weighted by Gasteiger charge is -2.47. The van der Waals surface area contributed by atoms with Crippen LogP contribution in [0.2, 0.25) is 0 Å². The predicted octanol–water partition coefficient (Wildman–Crippen LogP) is 2.07. The van der Waals surface area contributed by atoms with Crippen molar-refractivity contribution < 1.29 is 19.9 Å². The average molecular weight is 320 g/mol. The van der Waals surface area contributed by atoms with Crippen molar-refractivity contribution in [1.82, 2.24) is 4.90 Å². The molecule has 2 fully saturated rings. The first-order valence-electron chi connectivity index (χ1n) is 7.90. The third-order valence-electron chi connectivity index (χ3n) is 5.13. The molecular weight excluding hydrogens is 300 g/mol. The minimum atomic E-state index is -0.688. The van der Waals surface area contributed by atoms with Crippen molar-refractivity contribution in [2.45, 2.75) is 37.7 Å². The molecule has 1 aliphatic heterocycles. The van der Waals surface area contributed by atoms with E-state index in [0.717, 1.165) is 37.8 Å². The Morgan fingerprint density at radius 1 is 1.35 bits per heavy atom. The van der Waals surface area contributed by atoms with Gasteiger partial charge in [0.05, 0.1) is 10.5 Å². The highest BCUT2D eigenvalue weighted by Gasteiger charge is 2.43. The molecule has 2 aliphatic rings. The van der Waals surface area contributed by atoms with Gasteiger partial charge in [-0.3, -0.25) is 14.9 Å². The Kier molecular flexibility index (Phi) is 3.97. The van der Waals surface area contributed by atoms with E-state index >= 15 is 0 Å². The molecule has 0 aromatic heterocycles. The van der Waals surface area contributed by atoms with Crippen molar-refractivity contribution in [3.63, 3.8) is 0 Å². The third-order valence-corrected chi connectivity index (χ3v) is 5.13. The normalized spacial score (nSPS) is 27.3. The van der Waals surface area contributed by atoms with Crippen LogP contribution in [0.25, 0.3) is 0 Å². The SMILES string of the molecule is O=C(c1ccc([N+](=O)[O-])c(O)c1)N1CC[C@@]2(O)CCCC[C@H]2C1. The quantitative estimate of drug-likeness (QED) is 0.641. The van der Waals surface area contributed by atoms with Crippen molar-refractivity contribution in [1.29, 1.82) is 0 Å². The molecule has 1 saturated heterocycles. The summed E-state index contributed by atoms with van der Waals surface area (Å²) in [5.41, 5.74) is -0.844. The molecule has 3 rings (SSSR count). The van der Waals surface area contributed by atoms with Gasteiger partial charge in [-0.05, 0) is 31.4 Å². The number of piperidine rings is 1. The second kappa shape index (κ2) is 5.81. The number of carbonyl (C=O) groups excluding carboxylic acids is 1. The minimum Gasteiger partial charge on any atom is -0.502 e. The molecule has 1 heterocycles. The van der Waals surface area contributed by atoms with E-state index in [1.807, 2.05) is 0 Å². The number of nitro benzene ring substituents is 1. The molecule has 2 atom stereocenters. The van der Waals surface area contributed by atoms with Crippen LogP contribution in [0.5, 0.6) is 5.75 Å². The largest absolute Gasteiger partial charge is 0.502 e. The van der Waals surface area contributed by atoms with Crippen LogP contribution >= 0.6 is 0 Å². The monoisotopic (exact) mass is 320 g/mol. The van der Waals surface area contributed by atoms with Gasteiger partial charge < -0.3 is 15.1 Å². The van der Waals surface area contributed by atoms with Crippen LogP contribution in [-0.4, -0.2) is 44.6 Å². The summed E-state index contributed by atoms with van der Waals surface area (Å²) in [5.74, 6) is -0.685. The topological polar surface area (TPSA) is 104 Å². The van der Waals surface area contributed by atoms with E-state index in [-0.39, 0.29) is 17.4 Å². The molecule has 0 radical (unpaired) electrons. The smallest absolute Gasteiger partial charge is 0.310 e. The van der Waals surface area contributed by atoms with Gasteiger partial charge in [-0.1, -0.05) is 12.8 Å². The summed E-state index contributed by atoms with van der Waals surface area (Å²) in [6, 6.07) is 3.65. The van der Waals surface area contributed by atoms with Crippen LogP contribution in [0.4, 0.5) is 5.69 Å². The molecule has 7 heteroatoms. The number of hydrogen-bond acceptors (Lipinski definition) is 5. The Morgan fingerprint density at radius 2 is 2.13 bits per heavy atom. The zero-order valence-electron chi connectivity index (χ0n) is 12.8. The van der Waals surface area contributed by atoms with Gasteiger partial charge in [0.1, 0.15) is 0 Å². The lowest BCUT2D eigenvalue weighted by atomic mass is 9.71. The van der Waals surface area contributed by atoms with Gasteiger partial charge >= 0.3 is 5.69 Å². The average Bonchev–Trinajstić information content (AvgIpc) is 2.52. The number of amides is 1. The fourth-order valence-electron chi connectivity index (χ4n) is 3.75. The standard InChI is InChI=1S/C16H20N2O5/c19-14-9-11(4-5-13(14)18(22)23)15(20)17-8-7-16(21)6-2-1-3-12(16)10-17/h4-5,9,12,19,21H,1-3,6-8,10H2/t12-,16-/m0/s1. The summed E-state index contributed by atoms with van der Waals surface area (Å²) in [6.45, 7) is 0.955. The molecule has 1 aromatic carbocycles. The first-order chi connectivity index (χ1) is 10.9. The molecule has 0 spiro atoms.